The second-order valence-corrected chi connectivity index (χ2v) is 9.84. The lowest BCUT2D eigenvalue weighted by Gasteiger charge is -2.44. The van der Waals surface area contributed by atoms with E-state index >= 15 is 0 Å². The molecular formula is C19H26N2O5S. The third kappa shape index (κ3) is 3.52. The third-order valence-corrected chi connectivity index (χ3v) is 7.57. The quantitative estimate of drug-likeness (QED) is 0.743. The minimum Gasteiger partial charge on any atom is -0.493 e. The van der Waals surface area contributed by atoms with Crippen LogP contribution >= 0.6 is 0 Å². The fourth-order valence-electron chi connectivity index (χ4n) is 4.35. The van der Waals surface area contributed by atoms with Gasteiger partial charge in [0.25, 0.3) is 5.91 Å². The molecular weight excluding hydrogens is 368 g/mol. The number of methoxy groups -OCH3 is 2. The molecule has 0 aromatic heterocycles. The molecule has 148 valence electrons. The number of sulfone groups is 1. The first-order chi connectivity index (χ1) is 12.9. The van der Waals surface area contributed by atoms with Crippen molar-refractivity contribution < 1.29 is 22.7 Å². The fraction of sp³-hybridized carbons (Fsp3) is 0.632. The number of rotatable bonds is 5. The molecule has 3 fully saturated rings. The van der Waals surface area contributed by atoms with Crippen LogP contribution in [0.3, 0.4) is 0 Å². The van der Waals surface area contributed by atoms with Crippen LogP contribution in [-0.2, 0) is 9.84 Å². The Morgan fingerprint density at radius 3 is 2.52 bits per heavy atom. The molecule has 8 heteroatoms. The second-order valence-electron chi connectivity index (χ2n) is 7.69. The summed E-state index contributed by atoms with van der Waals surface area (Å²) in [5.74, 6) is 1.56. The van der Waals surface area contributed by atoms with E-state index in [9.17, 15) is 13.2 Å². The van der Waals surface area contributed by atoms with Gasteiger partial charge in [0, 0.05) is 25.7 Å². The Kier molecular flexibility index (Phi) is 4.80. The van der Waals surface area contributed by atoms with E-state index in [4.69, 9.17) is 9.47 Å². The van der Waals surface area contributed by atoms with Gasteiger partial charge in [0.15, 0.2) is 21.3 Å². The normalized spacial score (nSPS) is 27.3. The number of benzene rings is 1. The molecule has 27 heavy (non-hydrogen) atoms. The van der Waals surface area contributed by atoms with Crippen LogP contribution < -0.4 is 9.47 Å². The van der Waals surface area contributed by atoms with E-state index in [0.29, 0.717) is 36.1 Å². The number of piperazine rings is 1. The second kappa shape index (κ2) is 6.98. The summed E-state index contributed by atoms with van der Waals surface area (Å²) in [6.07, 6.45) is 2.45. The number of hydrogen-bond acceptors (Lipinski definition) is 6. The lowest BCUT2D eigenvalue weighted by Crippen LogP contribution is -2.60. The number of nitrogens with zero attached hydrogens (tertiary/aromatic N) is 2. The first-order valence-corrected chi connectivity index (χ1v) is 11.2. The highest BCUT2D eigenvalue weighted by Gasteiger charge is 2.49. The smallest absolute Gasteiger partial charge is 0.258 e. The Hall–Kier alpha value is -1.80. The van der Waals surface area contributed by atoms with Gasteiger partial charge in [0.05, 0.1) is 37.3 Å². The van der Waals surface area contributed by atoms with Gasteiger partial charge in [0.1, 0.15) is 0 Å². The van der Waals surface area contributed by atoms with E-state index in [1.807, 2.05) is 0 Å². The number of para-hydroxylation sites is 1. The Bertz CT molecular complexity index is 837. The molecule has 0 radical (unpaired) electrons. The topological polar surface area (TPSA) is 76.2 Å². The predicted octanol–water partition coefficient (Wildman–Crippen LogP) is 1.04. The summed E-state index contributed by atoms with van der Waals surface area (Å²) in [5, 5.41) is 0. The van der Waals surface area contributed by atoms with Crippen molar-refractivity contribution >= 4 is 15.7 Å². The first kappa shape index (κ1) is 18.6. The number of carbonyl (C=O) groups is 1. The van der Waals surface area contributed by atoms with Gasteiger partial charge in [-0.25, -0.2) is 8.42 Å². The average Bonchev–Trinajstić information content (AvgIpc) is 3.40. The number of amides is 1. The number of hydrogen-bond donors (Lipinski definition) is 0. The molecule has 1 saturated carbocycles. The minimum atomic E-state index is -3.15. The molecule has 4 rings (SSSR count). The molecule has 1 amide bonds. The monoisotopic (exact) mass is 394 g/mol. The summed E-state index contributed by atoms with van der Waals surface area (Å²) >= 11 is 0. The van der Waals surface area contributed by atoms with Crippen LogP contribution in [0.2, 0.25) is 0 Å². The Morgan fingerprint density at radius 1 is 1.11 bits per heavy atom. The van der Waals surface area contributed by atoms with Crippen molar-refractivity contribution in [2.75, 3.05) is 45.4 Å². The van der Waals surface area contributed by atoms with Crippen LogP contribution in [0.25, 0.3) is 0 Å². The largest absolute Gasteiger partial charge is 0.493 e. The molecule has 2 atom stereocenters. The summed E-state index contributed by atoms with van der Waals surface area (Å²) in [4.78, 5) is 17.3. The predicted molar refractivity (Wildman–Crippen MR) is 101 cm³/mol. The van der Waals surface area contributed by atoms with Gasteiger partial charge in [-0.1, -0.05) is 6.07 Å². The maximum absolute atomic E-state index is 13.3. The van der Waals surface area contributed by atoms with Crippen LogP contribution in [0.4, 0.5) is 0 Å². The zero-order chi connectivity index (χ0) is 19.2. The van der Waals surface area contributed by atoms with Crippen molar-refractivity contribution in [3.63, 3.8) is 0 Å². The zero-order valence-electron chi connectivity index (χ0n) is 15.8. The molecule has 0 N–H and O–H groups in total. The van der Waals surface area contributed by atoms with E-state index in [1.54, 1.807) is 23.1 Å². The molecule has 2 saturated heterocycles. The van der Waals surface area contributed by atoms with Crippen molar-refractivity contribution in [2.24, 2.45) is 5.92 Å². The fourth-order valence-corrected chi connectivity index (χ4v) is 6.36. The highest BCUT2D eigenvalue weighted by Crippen LogP contribution is 2.36. The molecule has 1 aliphatic carbocycles. The SMILES string of the molecule is COc1cccc(C(=O)N2CCN(CC3CC3)[C@@H]3CS(=O)(=O)C[C@@H]32)c1OC. The molecule has 1 aromatic rings. The van der Waals surface area contributed by atoms with Crippen molar-refractivity contribution in [3.05, 3.63) is 23.8 Å². The van der Waals surface area contributed by atoms with Crippen LogP contribution in [0.5, 0.6) is 11.5 Å². The average molecular weight is 394 g/mol. The molecule has 2 heterocycles. The van der Waals surface area contributed by atoms with Crippen molar-refractivity contribution in [1.82, 2.24) is 9.80 Å². The Morgan fingerprint density at radius 2 is 1.85 bits per heavy atom. The van der Waals surface area contributed by atoms with E-state index in [-0.39, 0.29) is 29.5 Å². The van der Waals surface area contributed by atoms with Crippen LogP contribution in [0.15, 0.2) is 18.2 Å². The number of fused-ring (bicyclic) bond motifs is 1. The van der Waals surface area contributed by atoms with E-state index in [0.717, 1.165) is 6.54 Å². The van der Waals surface area contributed by atoms with E-state index < -0.39 is 9.84 Å². The lowest BCUT2D eigenvalue weighted by molar-refractivity contribution is 0.0315. The van der Waals surface area contributed by atoms with Crippen molar-refractivity contribution in [3.8, 4) is 11.5 Å². The standard InChI is InChI=1S/C19H26N2O5S/c1-25-17-5-3-4-14(18(17)26-2)19(22)21-9-8-20(10-13-6-7-13)15-11-27(23,24)12-16(15)21/h3-5,13,15-16H,6-12H2,1-2H3/t15-,16+/m1/s1. The molecule has 1 aromatic carbocycles. The molecule has 2 aliphatic heterocycles. The first-order valence-electron chi connectivity index (χ1n) is 9.40. The summed E-state index contributed by atoms with van der Waals surface area (Å²) < 4.78 is 35.4. The molecule has 0 spiro atoms. The van der Waals surface area contributed by atoms with Gasteiger partial charge in [-0.05, 0) is 30.9 Å². The molecule has 0 bridgehead atoms. The van der Waals surface area contributed by atoms with Gasteiger partial charge in [0.2, 0.25) is 0 Å². The van der Waals surface area contributed by atoms with E-state index in [2.05, 4.69) is 4.90 Å². The summed E-state index contributed by atoms with van der Waals surface area (Å²) in [6, 6.07) is 4.79. The van der Waals surface area contributed by atoms with Gasteiger partial charge < -0.3 is 14.4 Å². The van der Waals surface area contributed by atoms with Crippen molar-refractivity contribution in [2.45, 2.75) is 24.9 Å². The van der Waals surface area contributed by atoms with Gasteiger partial charge >= 0.3 is 0 Å². The number of carbonyl (C=O) groups excluding carboxylic acids is 1. The van der Waals surface area contributed by atoms with Crippen LogP contribution in [0.1, 0.15) is 23.2 Å². The van der Waals surface area contributed by atoms with Crippen molar-refractivity contribution in [1.29, 1.82) is 0 Å². The third-order valence-electron chi connectivity index (χ3n) is 5.87. The number of ether oxygens (including phenoxy) is 2. The van der Waals surface area contributed by atoms with Crippen LogP contribution in [0, 0.1) is 5.92 Å². The highest BCUT2D eigenvalue weighted by atomic mass is 32.2. The Balaban J connectivity index is 1.63. The molecule has 3 aliphatic rings. The molecule has 7 nitrogen and oxygen atoms in total. The molecule has 0 unspecified atom stereocenters. The van der Waals surface area contributed by atoms with Gasteiger partial charge in [-0.3, -0.25) is 9.69 Å². The summed E-state index contributed by atoms with van der Waals surface area (Å²) in [6.45, 7) is 2.19. The minimum absolute atomic E-state index is 0.0385. The maximum atomic E-state index is 13.3. The summed E-state index contributed by atoms with van der Waals surface area (Å²) in [7, 11) is -0.111. The zero-order valence-corrected chi connectivity index (χ0v) is 16.6. The highest BCUT2D eigenvalue weighted by molar-refractivity contribution is 7.91. The summed E-state index contributed by atoms with van der Waals surface area (Å²) in [5.41, 5.74) is 0.413. The maximum Gasteiger partial charge on any atom is 0.258 e. The lowest BCUT2D eigenvalue weighted by atomic mass is 10.0. The van der Waals surface area contributed by atoms with Crippen LogP contribution in [-0.4, -0.2) is 81.6 Å². The van der Waals surface area contributed by atoms with Gasteiger partial charge in [-0.15, -0.1) is 0 Å². The van der Waals surface area contributed by atoms with E-state index in [1.165, 1.54) is 27.1 Å². The van der Waals surface area contributed by atoms with Gasteiger partial charge in [-0.2, -0.15) is 0 Å². The Labute approximate surface area is 160 Å².